The first-order valence-corrected chi connectivity index (χ1v) is 6.37. The van der Waals surface area contributed by atoms with Gasteiger partial charge in [0.05, 0.1) is 12.4 Å². The van der Waals surface area contributed by atoms with Gasteiger partial charge in [-0.3, -0.25) is 0 Å². The van der Waals surface area contributed by atoms with Crippen LogP contribution >= 0.6 is 11.8 Å². The average molecular weight is 234 g/mol. The minimum Gasteiger partial charge on any atom is -0.351 e. The largest absolute Gasteiger partial charge is 0.351 e. The SMILES string of the molecule is CC1SCCN(c2cnc(C#N)cn2)C1C. The zero-order chi connectivity index (χ0) is 11.5. The number of rotatable bonds is 1. The molecule has 1 aromatic heterocycles. The molecule has 2 heterocycles. The van der Waals surface area contributed by atoms with Crippen molar-refractivity contribution in [2.24, 2.45) is 0 Å². The van der Waals surface area contributed by atoms with E-state index >= 15 is 0 Å². The van der Waals surface area contributed by atoms with Crippen molar-refractivity contribution in [1.29, 1.82) is 5.26 Å². The third kappa shape index (κ3) is 2.12. The predicted octanol–water partition coefficient (Wildman–Crippen LogP) is 1.68. The smallest absolute Gasteiger partial charge is 0.158 e. The molecule has 2 unspecified atom stereocenters. The molecule has 16 heavy (non-hydrogen) atoms. The van der Waals surface area contributed by atoms with Crippen molar-refractivity contribution >= 4 is 17.6 Å². The zero-order valence-corrected chi connectivity index (χ0v) is 10.2. The summed E-state index contributed by atoms with van der Waals surface area (Å²) in [6.07, 6.45) is 3.23. The number of hydrogen-bond acceptors (Lipinski definition) is 5. The molecule has 2 atom stereocenters. The summed E-state index contributed by atoms with van der Waals surface area (Å²) < 4.78 is 0. The Hall–Kier alpha value is -1.28. The van der Waals surface area contributed by atoms with Crippen LogP contribution in [0.3, 0.4) is 0 Å². The number of anilines is 1. The van der Waals surface area contributed by atoms with Crippen LogP contribution in [-0.4, -0.2) is 33.6 Å². The third-order valence-corrected chi connectivity index (χ3v) is 4.27. The normalized spacial score (nSPS) is 25.2. The summed E-state index contributed by atoms with van der Waals surface area (Å²) in [7, 11) is 0. The molecule has 0 amide bonds. The van der Waals surface area contributed by atoms with Gasteiger partial charge < -0.3 is 4.90 Å². The molecule has 1 saturated heterocycles. The summed E-state index contributed by atoms with van der Waals surface area (Å²) >= 11 is 1.99. The summed E-state index contributed by atoms with van der Waals surface area (Å²) in [5.41, 5.74) is 0.371. The van der Waals surface area contributed by atoms with E-state index in [0.717, 1.165) is 18.1 Å². The Morgan fingerprint density at radius 1 is 1.44 bits per heavy atom. The van der Waals surface area contributed by atoms with Gasteiger partial charge >= 0.3 is 0 Å². The van der Waals surface area contributed by atoms with E-state index in [2.05, 4.69) is 28.7 Å². The van der Waals surface area contributed by atoms with Crippen molar-refractivity contribution in [1.82, 2.24) is 9.97 Å². The van der Waals surface area contributed by atoms with Crippen molar-refractivity contribution in [3.05, 3.63) is 18.1 Å². The second-order valence-electron chi connectivity index (χ2n) is 3.88. The Morgan fingerprint density at radius 2 is 2.25 bits per heavy atom. The Balaban J connectivity index is 2.19. The first-order chi connectivity index (χ1) is 7.72. The van der Waals surface area contributed by atoms with Gasteiger partial charge in [-0.2, -0.15) is 17.0 Å². The standard InChI is InChI=1S/C11H14N4S/c1-8-9(2)16-4-3-15(8)11-7-13-10(5-12)6-14-11/h6-9H,3-4H2,1-2H3. The Morgan fingerprint density at radius 3 is 2.88 bits per heavy atom. The highest BCUT2D eigenvalue weighted by Gasteiger charge is 2.26. The lowest BCUT2D eigenvalue weighted by molar-refractivity contribution is 0.619. The van der Waals surface area contributed by atoms with Crippen LogP contribution in [0.15, 0.2) is 12.4 Å². The lowest BCUT2D eigenvalue weighted by Gasteiger charge is -2.38. The summed E-state index contributed by atoms with van der Waals surface area (Å²) in [5.74, 6) is 1.99. The molecule has 4 nitrogen and oxygen atoms in total. The van der Waals surface area contributed by atoms with Gasteiger partial charge in [0.15, 0.2) is 5.69 Å². The fraction of sp³-hybridized carbons (Fsp3) is 0.545. The zero-order valence-electron chi connectivity index (χ0n) is 9.42. The molecule has 0 aliphatic carbocycles. The van der Waals surface area contributed by atoms with E-state index in [4.69, 9.17) is 5.26 Å². The molecule has 0 N–H and O–H groups in total. The van der Waals surface area contributed by atoms with Crippen LogP contribution in [0, 0.1) is 11.3 Å². The second-order valence-corrected chi connectivity index (χ2v) is 5.37. The number of thioether (sulfide) groups is 1. The quantitative estimate of drug-likeness (QED) is 0.740. The number of nitriles is 1. The molecular formula is C11H14N4S. The molecule has 1 aromatic rings. The molecule has 0 aromatic carbocycles. The molecule has 1 aliphatic heterocycles. The highest BCUT2D eigenvalue weighted by molar-refractivity contribution is 8.00. The monoisotopic (exact) mass is 234 g/mol. The lowest BCUT2D eigenvalue weighted by Crippen LogP contribution is -2.45. The predicted molar refractivity (Wildman–Crippen MR) is 65.5 cm³/mol. The first-order valence-electron chi connectivity index (χ1n) is 5.33. The molecule has 0 spiro atoms. The number of aromatic nitrogens is 2. The molecule has 5 heteroatoms. The lowest BCUT2D eigenvalue weighted by atomic mass is 10.2. The Kier molecular flexibility index (Phi) is 3.30. The van der Waals surface area contributed by atoms with E-state index < -0.39 is 0 Å². The minimum atomic E-state index is 0.371. The van der Waals surface area contributed by atoms with Crippen LogP contribution in [0.1, 0.15) is 19.5 Å². The Bertz CT molecular complexity index is 397. The van der Waals surface area contributed by atoms with E-state index in [1.54, 1.807) is 6.20 Å². The number of nitrogens with zero attached hydrogens (tertiary/aromatic N) is 4. The molecule has 1 fully saturated rings. The van der Waals surface area contributed by atoms with Crippen molar-refractivity contribution in [2.75, 3.05) is 17.2 Å². The van der Waals surface area contributed by atoms with Gasteiger partial charge in [0.2, 0.25) is 0 Å². The van der Waals surface area contributed by atoms with Gasteiger partial charge in [-0.25, -0.2) is 9.97 Å². The molecule has 84 valence electrons. The van der Waals surface area contributed by atoms with Gasteiger partial charge in [-0.05, 0) is 6.92 Å². The first kappa shape index (κ1) is 11.2. The number of hydrogen-bond donors (Lipinski definition) is 0. The topological polar surface area (TPSA) is 52.8 Å². The van der Waals surface area contributed by atoms with E-state index in [1.807, 2.05) is 17.8 Å². The van der Waals surface area contributed by atoms with Crippen LogP contribution in [-0.2, 0) is 0 Å². The van der Waals surface area contributed by atoms with Gasteiger partial charge in [-0.1, -0.05) is 6.92 Å². The van der Waals surface area contributed by atoms with Crippen molar-refractivity contribution < 1.29 is 0 Å². The van der Waals surface area contributed by atoms with Crippen molar-refractivity contribution in [2.45, 2.75) is 25.1 Å². The molecular weight excluding hydrogens is 220 g/mol. The van der Waals surface area contributed by atoms with Crippen LogP contribution in [0.5, 0.6) is 0 Å². The molecule has 2 rings (SSSR count). The van der Waals surface area contributed by atoms with Gasteiger partial charge in [0.1, 0.15) is 11.9 Å². The highest BCUT2D eigenvalue weighted by Crippen LogP contribution is 2.27. The fourth-order valence-corrected chi connectivity index (χ4v) is 2.88. The van der Waals surface area contributed by atoms with E-state index in [9.17, 15) is 0 Å². The molecule has 0 bridgehead atoms. The van der Waals surface area contributed by atoms with Crippen molar-refractivity contribution in [3.63, 3.8) is 0 Å². The van der Waals surface area contributed by atoms with Crippen LogP contribution in [0.2, 0.25) is 0 Å². The Labute approximate surface area is 99.7 Å². The average Bonchev–Trinajstić information content (AvgIpc) is 2.33. The molecule has 0 radical (unpaired) electrons. The summed E-state index contributed by atoms with van der Waals surface area (Å²) in [6.45, 7) is 5.44. The maximum absolute atomic E-state index is 8.66. The highest BCUT2D eigenvalue weighted by atomic mass is 32.2. The van der Waals surface area contributed by atoms with E-state index in [-0.39, 0.29) is 0 Å². The van der Waals surface area contributed by atoms with Gasteiger partial charge in [-0.15, -0.1) is 0 Å². The minimum absolute atomic E-state index is 0.371. The van der Waals surface area contributed by atoms with Gasteiger partial charge in [0, 0.05) is 23.6 Å². The van der Waals surface area contributed by atoms with E-state index in [0.29, 0.717) is 17.0 Å². The van der Waals surface area contributed by atoms with Crippen LogP contribution in [0.25, 0.3) is 0 Å². The molecule has 0 saturated carbocycles. The summed E-state index contributed by atoms with van der Waals surface area (Å²) in [6, 6.07) is 2.44. The van der Waals surface area contributed by atoms with Crippen LogP contribution in [0.4, 0.5) is 5.82 Å². The second kappa shape index (κ2) is 4.71. The fourth-order valence-electron chi connectivity index (χ4n) is 1.78. The summed E-state index contributed by atoms with van der Waals surface area (Å²) in [4.78, 5) is 10.6. The van der Waals surface area contributed by atoms with E-state index in [1.165, 1.54) is 6.20 Å². The summed E-state index contributed by atoms with van der Waals surface area (Å²) in [5, 5.41) is 9.27. The van der Waals surface area contributed by atoms with Crippen LogP contribution < -0.4 is 4.90 Å². The van der Waals surface area contributed by atoms with Gasteiger partial charge in [0.25, 0.3) is 0 Å². The maximum Gasteiger partial charge on any atom is 0.158 e. The third-order valence-electron chi connectivity index (χ3n) is 2.93. The maximum atomic E-state index is 8.66. The van der Waals surface area contributed by atoms with Crippen molar-refractivity contribution in [3.8, 4) is 6.07 Å². The molecule has 1 aliphatic rings.